The molecule has 1 saturated heterocycles. The van der Waals surface area contributed by atoms with Crippen LogP contribution in [0.5, 0.6) is 0 Å². The smallest absolute Gasteiger partial charge is 0.322 e. The van der Waals surface area contributed by atoms with Crippen LogP contribution in [0.25, 0.3) is 0 Å². The maximum atomic E-state index is 13.1. The molecule has 7 heteroatoms. The molecule has 0 aliphatic carbocycles. The van der Waals surface area contributed by atoms with Gasteiger partial charge in [-0.15, -0.1) is 0 Å². The van der Waals surface area contributed by atoms with E-state index in [0.717, 1.165) is 17.7 Å². The van der Waals surface area contributed by atoms with Crippen LogP contribution in [-0.2, 0) is 4.79 Å². The van der Waals surface area contributed by atoms with Gasteiger partial charge in [0.25, 0.3) is 0 Å². The summed E-state index contributed by atoms with van der Waals surface area (Å²) in [5.74, 6) is -0.375. The van der Waals surface area contributed by atoms with Gasteiger partial charge in [-0.1, -0.05) is 25.1 Å². The van der Waals surface area contributed by atoms with Crippen molar-refractivity contribution in [3.8, 4) is 0 Å². The molecule has 2 aromatic rings. The molecule has 0 aromatic heterocycles. The van der Waals surface area contributed by atoms with Gasteiger partial charge in [-0.25, -0.2) is 9.18 Å². The van der Waals surface area contributed by atoms with Crippen LogP contribution in [0.15, 0.2) is 48.5 Å². The van der Waals surface area contributed by atoms with E-state index in [9.17, 15) is 19.1 Å². The standard InChI is InChI=1S/C22H24FN3O3/c1-2-5-20(28)25-12-18-21(16-6-3-4-7-17(16)25)19(13-27)26(18)22(29)24-15-10-8-14(23)9-11-15/h3-4,6-11,18-19,21,27H,2,5,12-13H2,1H3,(H,24,29)/t18-,19+,21+/m0/s1. The highest BCUT2D eigenvalue weighted by molar-refractivity contribution is 5.96. The predicted molar refractivity (Wildman–Crippen MR) is 108 cm³/mol. The van der Waals surface area contributed by atoms with E-state index in [4.69, 9.17) is 0 Å². The maximum Gasteiger partial charge on any atom is 0.322 e. The Kier molecular flexibility index (Phi) is 5.24. The van der Waals surface area contributed by atoms with Crippen molar-refractivity contribution < 1.29 is 19.1 Å². The summed E-state index contributed by atoms with van der Waals surface area (Å²) in [7, 11) is 0. The van der Waals surface area contributed by atoms with Gasteiger partial charge in [-0.05, 0) is 42.3 Å². The van der Waals surface area contributed by atoms with E-state index in [0.29, 0.717) is 18.7 Å². The predicted octanol–water partition coefficient (Wildman–Crippen LogP) is 3.33. The Balaban J connectivity index is 1.61. The van der Waals surface area contributed by atoms with Gasteiger partial charge in [0.2, 0.25) is 5.91 Å². The number of hydrogen-bond donors (Lipinski definition) is 2. The second kappa shape index (κ2) is 7.83. The molecule has 0 radical (unpaired) electrons. The summed E-state index contributed by atoms with van der Waals surface area (Å²) < 4.78 is 13.1. The van der Waals surface area contributed by atoms with E-state index in [1.807, 2.05) is 31.2 Å². The van der Waals surface area contributed by atoms with Crippen LogP contribution in [0, 0.1) is 5.82 Å². The summed E-state index contributed by atoms with van der Waals surface area (Å²) in [6.07, 6.45) is 1.19. The van der Waals surface area contributed by atoms with Gasteiger partial charge < -0.3 is 20.2 Å². The van der Waals surface area contributed by atoms with Crippen molar-refractivity contribution in [3.05, 3.63) is 59.9 Å². The lowest BCUT2D eigenvalue weighted by atomic mass is 9.72. The number of anilines is 2. The highest BCUT2D eigenvalue weighted by Gasteiger charge is 2.55. The minimum atomic E-state index is -0.380. The first-order chi connectivity index (χ1) is 14.0. The Labute approximate surface area is 168 Å². The van der Waals surface area contributed by atoms with Crippen LogP contribution < -0.4 is 10.2 Å². The Bertz CT molecular complexity index is 918. The van der Waals surface area contributed by atoms with Gasteiger partial charge in [-0.3, -0.25) is 4.79 Å². The van der Waals surface area contributed by atoms with Gasteiger partial charge in [0.05, 0.1) is 18.7 Å². The lowest BCUT2D eigenvalue weighted by Gasteiger charge is -2.58. The molecule has 29 heavy (non-hydrogen) atoms. The van der Waals surface area contributed by atoms with Gasteiger partial charge in [0.1, 0.15) is 5.82 Å². The number of carbonyl (C=O) groups excluding carboxylic acids is 2. The average Bonchev–Trinajstić information content (AvgIpc) is 2.70. The summed E-state index contributed by atoms with van der Waals surface area (Å²) >= 11 is 0. The summed E-state index contributed by atoms with van der Waals surface area (Å²) in [5, 5.41) is 12.7. The largest absolute Gasteiger partial charge is 0.394 e. The maximum absolute atomic E-state index is 13.1. The van der Waals surface area contributed by atoms with Crippen LogP contribution in [0.1, 0.15) is 31.2 Å². The third-order valence-corrected chi connectivity index (χ3v) is 5.78. The summed E-state index contributed by atoms with van der Waals surface area (Å²) in [6, 6.07) is 12.3. The van der Waals surface area contributed by atoms with Crippen molar-refractivity contribution in [2.45, 2.75) is 37.8 Å². The van der Waals surface area contributed by atoms with Crippen molar-refractivity contribution in [3.63, 3.8) is 0 Å². The monoisotopic (exact) mass is 397 g/mol. The van der Waals surface area contributed by atoms with Gasteiger partial charge >= 0.3 is 6.03 Å². The molecule has 0 bridgehead atoms. The molecule has 2 aromatic carbocycles. The van der Waals surface area contributed by atoms with Crippen molar-refractivity contribution in [1.82, 2.24) is 4.90 Å². The Morgan fingerprint density at radius 2 is 1.90 bits per heavy atom. The normalized spacial score (nSPS) is 22.4. The molecule has 2 aliphatic rings. The number of aliphatic hydroxyl groups excluding tert-OH is 1. The number of carbonyl (C=O) groups is 2. The molecular weight excluding hydrogens is 373 g/mol. The zero-order chi connectivity index (χ0) is 20.5. The molecule has 6 nitrogen and oxygen atoms in total. The SMILES string of the molecule is CCCC(=O)N1C[C@H]2[C@@H](c3ccccc31)[C@@H](CO)N2C(=O)Nc1ccc(F)cc1. The lowest BCUT2D eigenvalue weighted by molar-refractivity contribution is -0.119. The number of benzene rings is 2. The minimum Gasteiger partial charge on any atom is -0.394 e. The van der Waals surface area contributed by atoms with E-state index in [2.05, 4.69) is 5.32 Å². The first kappa shape index (κ1) is 19.4. The fourth-order valence-electron chi connectivity index (χ4n) is 4.47. The Morgan fingerprint density at radius 3 is 2.59 bits per heavy atom. The molecular formula is C22H24FN3O3. The van der Waals surface area contributed by atoms with Gasteiger partial charge in [0, 0.05) is 30.3 Å². The fourth-order valence-corrected chi connectivity index (χ4v) is 4.47. The summed E-state index contributed by atoms with van der Waals surface area (Å²) in [5.41, 5.74) is 2.33. The average molecular weight is 397 g/mol. The highest BCUT2D eigenvalue weighted by Crippen LogP contribution is 2.48. The summed E-state index contributed by atoms with van der Waals surface area (Å²) in [6.45, 7) is 2.19. The molecule has 2 aliphatic heterocycles. The van der Waals surface area contributed by atoms with Gasteiger partial charge in [-0.2, -0.15) is 0 Å². The fraction of sp³-hybridized carbons (Fsp3) is 0.364. The number of rotatable bonds is 4. The molecule has 0 unspecified atom stereocenters. The number of nitrogens with one attached hydrogen (secondary N) is 1. The number of halogens is 1. The van der Waals surface area contributed by atoms with Crippen molar-refractivity contribution >= 4 is 23.3 Å². The van der Waals surface area contributed by atoms with Crippen LogP contribution in [0.3, 0.4) is 0 Å². The lowest BCUT2D eigenvalue weighted by Crippen LogP contribution is -2.71. The minimum absolute atomic E-state index is 0.0270. The van der Waals surface area contributed by atoms with E-state index in [1.165, 1.54) is 24.3 Å². The van der Waals surface area contributed by atoms with Crippen molar-refractivity contribution in [2.24, 2.45) is 0 Å². The van der Waals surface area contributed by atoms with Crippen molar-refractivity contribution in [2.75, 3.05) is 23.4 Å². The highest BCUT2D eigenvalue weighted by atomic mass is 19.1. The number of fused-ring (bicyclic) bond motifs is 3. The second-order valence-corrected chi connectivity index (χ2v) is 7.50. The first-order valence-electron chi connectivity index (χ1n) is 9.90. The molecule has 1 fully saturated rings. The van der Waals surface area contributed by atoms with Crippen LogP contribution in [0.4, 0.5) is 20.6 Å². The number of amides is 3. The second-order valence-electron chi connectivity index (χ2n) is 7.50. The molecule has 4 rings (SSSR count). The quantitative estimate of drug-likeness (QED) is 0.831. The number of hydrogen-bond acceptors (Lipinski definition) is 3. The number of para-hydroxylation sites is 1. The van der Waals surface area contributed by atoms with E-state index in [-0.39, 0.29) is 42.4 Å². The first-order valence-corrected chi connectivity index (χ1v) is 9.90. The molecule has 2 heterocycles. The topological polar surface area (TPSA) is 72.9 Å². The molecule has 0 spiro atoms. The molecule has 152 valence electrons. The molecule has 3 atom stereocenters. The van der Waals surface area contributed by atoms with Crippen LogP contribution in [-0.4, -0.2) is 47.2 Å². The van der Waals surface area contributed by atoms with E-state index in [1.54, 1.807) is 9.80 Å². The summed E-state index contributed by atoms with van der Waals surface area (Å²) in [4.78, 5) is 29.0. The number of urea groups is 1. The van der Waals surface area contributed by atoms with Crippen molar-refractivity contribution in [1.29, 1.82) is 0 Å². The van der Waals surface area contributed by atoms with E-state index < -0.39 is 0 Å². The van der Waals surface area contributed by atoms with Crippen LogP contribution >= 0.6 is 0 Å². The number of nitrogens with zero attached hydrogens (tertiary/aromatic N) is 2. The molecule has 0 saturated carbocycles. The third kappa shape index (κ3) is 3.35. The Hall–Kier alpha value is -2.93. The third-order valence-electron chi connectivity index (χ3n) is 5.78. The molecule has 3 amide bonds. The number of likely N-dealkylation sites (tertiary alicyclic amines) is 1. The van der Waals surface area contributed by atoms with Gasteiger partial charge in [0.15, 0.2) is 0 Å². The molecule has 2 N–H and O–H groups in total. The van der Waals surface area contributed by atoms with E-state index >= 15 is 0 Å². The zero-order valence-corrected chi connectivity index (χ0v) is 16.2. The van der Waals surface area contributed by atoms with Crippen LogP contribution in [0.2, 0.25) is 0 Å². The zero-order valence-electron chi connectivity index (χ0n) is 16.2. The Morgan fingerprint density at radius 1 is 1.17 bits per heavy atom. The number of aliphatic hydroxyl groups is 1.